The summed E-state index contributed by atoms with van der Waals surface area (Å²) in [6, 6.07) is 0. The lowest BCUT2D eigenvalue weighted by molar-refractivity contribution is -0.149. The van der Waals surface area contributed by atoms with E-state index in [4.69, 9.17) is 4.74 Å². The molecule has 0 amide bonds. The molecule has 28 heavy (non-hydrogen) atoms. The Morgan fingerprint density at radius 3 is 1.32 bits per heavy atom. The van der Waals surface area contributed by atoms with Crippen LogP contribution in [0.15, 0.2) is 0 Å². The number of hydrogen-bond donors (Lipinski definition) is 0. The van der Waals surface area contributed by atoms with Gasteiger partial charge in [0, 0.05) is 0 Å². The fourth-order valence-electron chi connectivity index (χ4n) is 3.90. The van der Waals surface area contributed by atoms with E-state index in [1.165, 1.54) is 109 Å². The van der Waals surface area contributed by atoms with Gasteiger partial charge >= 0.3 is 5.97 Å². The quantitative estimate of drug-likeness (QED) is 0.135. The first-order valence-electron chi connectivity index (χ1n) is 12.9. The van der Waals surface area contributed by atoms with Crippen LogP contribution in [0.2, 0.25) is 0 Å². The van der Waals surface area contributed by atoms with Crippen LogP contribution in [0.25, 0.3) is 0 Å². The summed E-state index contributed by atoms with van der Waals surface area (Å²) in [6.07, 6.45) is 25.1. The highest BCUT2D eigenvalue weighted by Crippen LogP contribution is 2.21. The Labute approximate surface area is 177 Å². The summed E-state index contributed by atoms with van der Waals surface area (Å²) in [4.78, 5) is 12.6. The Morgan fingerprint density at radius 1 is 0.536 bits per heavy atom. The number of carbonyl (C=O) groups is 1. The van der Waals surface area contributed by atoms with Gasteiger partial charge in [0.05, 0.1) is 12.5 Å². The zero-order valence-corrected chi connectivity index (χ0v) is 19.7. The van der Waals surface area contributed by atoms with E-state index >= 15 is 0 Å². The number of unbranched alkanes of at least 4 members (excludes halogenated alkanes) is 15. The number of ether oxygens (including phenoxy) is 1. The topological polar surface area (TPSA) is 26.3 Å². The van der Waals surface area contributed by atoms with Gasteiger partial charge in [-0.05, 0) is 19.3 Å². The predicted octanol–water partition coefficient (Wildman–Crippen LogP) is 9.01. The van der Waals surface area contributed by atoms with E-state index in [-0.39, 0.29) is 11.9 Å². The van der Waals surface area contributed by atoms with E-state index in [0.29, 0.717) is 6.61 Å². The van der Waals surface area contributed by atoms with Crippen molar-refractivity contribution in [2.75, 3.05) is 6.61 Å². The van der Waals surface area contributed by atoms with Crippen LogP contribution >= 0.6 is 0 Å². The number of esters is 1. The molecule has 2 nitrogen and oxygen atoms in total. The van der Waals surface area contributed by atoms with Crippen LogP contribution in [0.3, 0.4) is 0 Å². The first kappa shape index (κ1) is 27.5. The monoisotopic (exact) mass is 396 g/mol. The van der Waals surface area contributed by atoms with Crippen molar-refractivity contribution in [2.45, 2.75) is 149 Å². The zero-order chi connectivity index (χ0) is 20.7. The van der Waals surface area contributed by atoms with E-state index in [0.717, 1.165) is 19.3 Å². The smallest absolute Gasteiger partial charge is 0.308 e. The van der Waals surface area contributed by atoms with Crippen molar-refractivity contribution < 1.29 is 9.53 Å². The largest absolute Gasteiger partial charge is 0.465 e. The van der Waals surface area contributed by atoms with E-state index < -0.39 is 0 Å². The van der Waals surface area contributed by atoms with Crippen molar-refractivity contribution in [3.63, 3.8) is 0 Å². The molecule has 0 heterocycles. The fourth-order valence-corrected chi connectivity index (χ4v) is 3.90. The molecular weight excluding hydrogens is 344 g/mol. The van der Waals surface area contributed by atoms with Crippen molar-refractivity contribution in [3.05, 3.63) is 0 Å². The molecule has 168 valence electrons. The summed E-state index contributed by atoms with van der Waals surface area (Å²) in [7, 11) is 0. The van der Waals surface area contributed by atoms with Crippen LogP contribution in [0.1, 0.15) is 149 Å². The van der Waals surface area contributed by atoms with Gasteiger partial charge in [0.15, 0.2) is 0 Å². The van der Waals surface area contributed by atoms with Crippen molar-refractivity contribution in [3.8, 4) is 0 Å². The first-order chi connectivity index (χ1) is 13.8. The molecule has 0 N–H and O–H groups in total. The highest BCUT2D eigenvalue weighted by atomic mass is 16.5. The van der Waals surface area contributed by atoms with E-state index in [1.807, 2.05) is 0 Å². The summed E-state index contributed by atoms with van der Waals surface area (Å²) in [5.74, 6) is 0.243. The number of carbonyl (C=O) groups excluding carboxylic acids is 1. The van der Waals surface area contributed by atoms with Crippen molar-refractivity contribution in [1.29, 1.82) is 0 Å². The standard InChI is InChI=1S/C26H52O2/c1-4-7-10-13-15-18-21-24-28-26(27)25(22-19-16-12-9-6-3)23-20-17-14-11-8-5-2/h25H,4-24H2,1-3H3. The van der Waals surface area contributed by atoms with Gasteiger partial charge in [-0.3, -0.25) is 4.79 Å². The van der Waals surface area contributed by atoms with Gasteiger partial charge in [-0.2, -0.15) is 0 Å². The van der Waals surface area contributed by atoms with Crippen LogP contribution in [-0.2, 0) is 9.53 Å². The molecule has 0 aliphatic rings. The predicted molar refractivity (Wildman–Crippen MR) is 124 cm³/mol. The lowest BCUT2D eigenvalue weighted by Crippen LogP contribution is -2.18. The number of hydrogen-bond acceptors (Lipinski definition) is 2. The third-order valence-electron chi connectivity index (χ3n) is 5.89. The molecule has 0 aromatic rings. The molecule has 0 spiro atoms. The Kier molecular flexibility index (Phi) is 22.3. The Hall–Kier alpha value is -0.530. The second-order valence-corrected chi connectivity index (χ2v) is 8.75. The van der Waals surface area contributed by atoms with Crippen LogP contribution in [0, 0.1) is 5.92 Å². The maximum atomic E-state index is 12.6. The van der Waals surface area contributed by atoms with Gasteiger partial charge in [0.1, 0.15) is 0 Å². The minimum Gasteiger partial charge on any atom is -0.465 e. The van der Waals surface area contributed by atoms with Crippen LogP contribution in [0.4, 0.5) is 0 Å². The lowest BCUT2D eigenvalue weighted by atomic mass is 9.94. The van der Waals surface area contributed by atoms with E-state index in [2.05, 4.69) is 20.8 Å². The summed E-state index contributed by atoms with van der Waals surface area (Å²) in [5, 5.41) is 0. The molecule has 0 fully saturated rings. The molecular formula is C26H52O2. The maximum absolute atomic E-state index is 12.6. The summed E-state index contributed by atoms with van der Waals surface area (Å²) in [6.45, 7) is 7.40. The Morgan fingerprint density at radius 2 is 0.893 bits per heavy atom. The third-order valence-corrected chi connectivity index (χ3v) is 5.89. The van der Waals surface area contributed by atoms with Gasteiger partial charge in [-0.1, -0.05) is 130 Å². The second kappa shape index (κ2) is 22.8. The molecule has 0 saturated heterocycles. The highest BCUT2D eigenvalue weighted by molar-refractivity contribution is 5.72. The van der Waals surface area contributed by atoms with Crippen molar-refractivity contribution in [1.82, 2.24) is 0 Å². The van der Waals surface area contributed by atoms with Crippen molar-refractivity contribution >= 4 is 5.97 Å². The van der Waals surface area contributed by atoms with Gasteiger partial charge in [0.25, 0.3) is 0 Å². The molecule has 0 aromatic heterocycles. The van der Waals surface area contributed by atoms with Gasteiger partial charge in [-0.25, -0.2) is 0 Å². The van der Waals surface area contributed by atoms with Gasteiger partial charge in [0.2, 0.25) is 0 Å². The molecule has 1 unspecified atom stereocenters. The molecule has 0 radical (unpaired) electrons. The highest BCUT2D eigenvalue weighted by Gasteiger charge is 2.19. The first-order valence-corrected chi connectivity index (χ1v) is 12.9. The van der Waals surface area contributed by atoms with Crippen molar-refractivity contribution in [2.24, 2.45) is 5.92 Å². The Bertz CT molecular complexity index is 314. The Balaban J connectivity index is 3.97. The molecule has 2 heteroatoms. The molecule has 0 aliphatic heterocycles. The normalized spacial score (nSPS) is 12.2. The van der Waals surface area contributed by atoms with E-state index in [9.17, 15) is 4.79 Å². The minimum absolute atomic E-state index is 0.0926. The molecule has 1 atom stereocenters. The van der Waals surface area contributed by atoms with E-state index in [1.54, 1.807) is 0 Å². The number of rotatable bonds is 22. The molecule has 0 bridgehead atoms. The molecule has 0 saturated carbocycles. The summed E-state index contributed by atoms with van der Waals surface area (Å²) in [5.41, 5.74) is 0. The van der Waals surface area contributed by atoms with Gasteiger partial charge < -0.3 is 4.74 Å². The average Bonchev–Trinajstić information content (AvgIpc) is 2.70. The lowest BCUT2D eigenvalue weighted by Gasteiger charge is -2.16. The second-order valence-electron chi connectivity index (χ2n) is 8.75. The van der Waals surface area contributed by atoms with Crippen LogP contribution in [-0.4, -0.2) is 12.6 Å². The van der Waals surface area contributed by atoms with Crippen LogP contribution < -0.4 is 0 Å². The maximum Gasteiger partial charge on any atom is 0.308 e. The summed E-state index contributed by atoms with van der Waals surface area (Å²) < 4.78 is 5.67. The third kappa shape index (κ3) is 18.8. The van der Waals surface area contributed by atoms with Gasteiger partial charge in [-0.15, -0.1) is 0 Å². The van der Waals surface area contributed by atoms with Crippen LogP contribution in [0.5, 0.6) is 0 Å². The zero-order valence-electron chi connectivity index (χ0n) is 19.7. The molecule has 0 aliphatic carbocycles. The fraction of sp³-hybridized carbons (Fsp3) is 0.962. The molecule has 0 aromatic carbocycles. The average molecular weight is 397 g/mol. The summed E-state index contributed by atoms with van der Waals surface area (Å²) >= 11 is 0. The minimum atomic E-state index is 0.0926. The SMILES string of the molecule is CCCCCCCCCOC(=O)C(CCCCCCC)CCCCCCCC. The molecule has 0 rings (SSSR count).